The van der Waals surface area contributed by atoms with Gasteiger partial charge in [0.1, 0.15) is 0 Å². The molecule has 1 N–H and O–H groups in total. The number of aromatic nitrogens is 5. The number of hydrogen-bond acceptors (Lipinski definition) is 4. The largest absolute Gasteiger partial charge is 0.341 e. The Kier molecular flexibility index (Phi) is 4.35. The molecule has 138 valence electrons. The quantitative estimate of drug-likeness (QED) is 0.592. The predicted molar refractivity (Wildman–Crippen MR) is 103 cm³/mol. The topological polar surface area (TPSA) is 77.1 Å². The van der Waals surface area contributed by atoms with Crippen molar-refractivity contribution < 1.29 is 4.79 Å². The molecule has 7 nitrogen and oxygen atoms in total. The van der Waals surface area contributed by atoms with Gasteiger partial charge in [-0.3, -0.25) is 13.9 Å². The van der Waals surface area contributed by atoms with Crippen molar-refractivity contribution in [3.8, 4) is 0 Å². The Hall–Kier alpha value is -3.22. The molecule has 0 radical (unpaired) electrons. The zero-order valence-corrected chi connectivity index (χ0v) is 15.6. The van der Waals surface area contributed by atoms with Gasteiger partial charge >= 0.3 is 0 Å². The molecule has 0 saturated carbocycles. The third-order valence-electron chi connectivity index (χ3n) is 4.64. The molecular weight excluding hydrogens is 340 g/mol. The lowest BCUT2D eigenvalue weighted by Gasteiger charge is -2.18. The Bertz CT molecular complexity index is 1110. The van der Waals surface area contributed by atoms with Gasteiger partial charge in [-0.2, -0.15) is 5.10 Å². The van der Waals surface area contributed by atoms with Gasteiger partial charge in [0, 0.05) is 18.6 Å². The predicted octanol–water partition coefficient (Wildman–Crippen LogP) is 3.13. The maximum atomic E-state index is 13.1. The Balaban J connectivity index is 1.70. The summed E-state index contributed by atoms with van der Waals surface area (Å²) in [5.74, 6) is 0.907. The summed E-state index contributed by atoms with van der Waals surface area (Å²) in [7, 11) is 1.84. The van der Waals surface area contributed by atoms with Crippen LogP contribution in [-0.2, 0) is 7.05 Å². The molecule has 27 heavy (non-hydrogen) atoms. The van der Waals surface area contributed by atoms with Crippen LogP contribution in [0.1, 0.15) is 42.6 Å². The van der Waals surface area contributed by atoms with E-state index in [9.17, 15) is 4.79 Å². The zero-order valence-electron chi connectivity index (χ0n) is 15.6. The van der Waals surface area contributed by atoms with Crippen molar-refractivity contribution in [2.45, 2.75) is 26.3 Å². The van der Waals surface area contributed by atoms with Crippen LogP contribution in [0.3, 0.4) is 0 Å². The monoisotopic (exact) mass is 362 g/mol. The Morgan fingerprint density at radius 3 is 2.70 bits per heavy atom. The van der Waals surface area contributed by atoms with E-state index in [0.29, 0.717) is 11.6 Å². The first-order valence-corrected chi connectivity index (χ1v) is 9.07. The van der Waals surface area contributed by atoms with E-state index in [-0.39, 0.29) is 11.9 Å². The van der Waals surface area contributed by atoms with Crippen LogP contribution in [0.25, 0.3) is 16.6 Å². The Morgan fingerprint density at radius 1 is 1.11 bits per heavy atom. The second kappa shape index (κ2) is 6.83. The lowest BCUT2D eigenvalue weighted by atomic mass is 10.0. The molecule has 0 bridgehead atoms. The first-order valence-electron chi connectivity index (χ1n) is 9.07. The second-order valence-corrected chi connectivity index (χ2v) is 7.13. The molecule has 1 amide bonds. The van der Waals surface area contributed by atoms with E-state index >= 15 is 0 Å². The molecule has 0 aliphatic heterocycles. The van der Waals surface area contributed by atoms with E-state index < -0.39 is 0 Å². The number of amides is 1. The van der Waals surface area contributed by atoms with Gasteiger partial charge in [0.05, 0.1) is 11.6 Å². The molecule has 1 atom stereocenters. The highest BCUT2D eigenvalue weighted by Gasteiger charge is 2.24. The summed E-state index contributed by atoms with van der Waals surface area (Å²) >= 11 is 0. The first-order chi connectivity index (χ1) is 13.0. The highest BCUT2D eigenvalue weighted by molar-refractivity contribution is 6.04. The smallest absolute Gasteiger partial charge is 0.273 e. The minimum Gasteiger partial charge on any atom is -0.341 e. The summed E-state index contributed by atoms with van der Waals surface area (Å²) in [6, 6.07) is 13.2. The van der Waals surface area contributed by atoms with E-state index in [2.05, 4.69) is 34.5 Å². The number of para-hydroxylation sites is 1. The maximum absolute atomic E-state index is 13.1. The molecule has 1 unspecified atom stereocenters. The van der Waals surface area contributed by atoms with Crippen LogP contribution in [0.4, 0.5) is 0 Å². The highest BCUT2D eigenvalue weighted by Crippen LogP contribution is 2.23. The van der Waals surface area contributed by atoms with Gasteiger partial charge in [0.2, 0.25) is 0 Å². The average Bonchev–Trinajstić information content (AvgIpc) is 3.23. The average molecular weight is 362 g/mol. The number of nitrogens with one attached hydrogen (secondary N) is 1. The number of hydrogen-bond donors (Lipinski definition) is 1. The fourth-order valence-electron chi connectivity index (χ4n) is 3.41. The Morgan fingerprint density at radius 2 is 1.89 bits per heavy atom. The van der Waals surface area contributed by atoms with Gasteiger partial charge in [0.25, 0.3) is 5.91 Å². The molecular formula is C20H22N6O. The number of aryl methyl sites for hydroxylation is 1. The van der Waals surface area contributed by atoms with Crippen LogP contribution < -0.4 is 5.32 Å². The molecule has 0 aliphatic carbocycles. The van der Waals surface area contributed by atoms with Crippen molar-refractivity contribution in [2.75, 3.05) is 0 Å². The van der Waals surface area contributed by atoms with Crippen molar-refractivity contribution in [1.29, 1.82) is 0 Å². The zero-order chi connectivity index (χ0) is 19.0. The van der Waals surface area contributed by atoms with Crippen molar-refractivity contribution in [3.05, 3.63) is 60.2 Å². The first kappa shape index (κ1) is 17.2. The molecule has 0 saturated heterocycles. The summed E-state index contributed by atoms with van der Waals surface area (Å²) in [6.45, 7) is 4.25. The SMILES string of the molecule is CC(C)CC(NC(=O)c1nn(C)c2ccccc12)c1nnc2ccccn12. The molecule has 7 heteroatoms. The standard InChI is InChI=1S/C20H22N6O/c1-13(2)12-15(19-23-22-17-10-6-7-11-26(17)19)21-20(27)18-14-8-4-5-9-16(14)25(3)24-18/h4-11,13,15H,12H2,1-3H3,(H,21,27). The maximum Gasteiger partial charge on any atom is 0.273 e. The highest BCUT2D eigenvalue weighted by atomic mass is 16.2. The lowest BCUT2D eigenvalue weighted by Crippen LogP contribution is -2.31. The van der Waals surface area contributed by atoms with E-state index in [4.69, 9.17) is 0 Å². The van der Waals surface area contributed by atoms with Crippen molar-refractivity contribution in [1.82, 2.24) is 29.7 Å². The van der Waals surface area contributed by atoms with E-state index in [1.165, 1.54) is 0 Å². The summed E-state index contributed by atoms with van der Waals surface area (Å²) < 4.78 is 3.65. The van der Waals surface area contributed by atoms with Gasteiger partial charge in [-0.25, -0.2) is 0 Å². The van der Waals surface area contributed by atoms with Gasteiger partial charge < -0.3 is 5.32 Å². The molecule has 3 heterocycles. The number of carbonyl (C=O) groups is 1. The molecule has 3 aromatic heterocycles. The fraction of sp³-hybridized carbons (Fsp3) is 0.300. The molecule has 4 rings (SSSR count). The van der Waals surface area contributed by atoms with Crippen LogP contribution in [0.15, 0.2) is 48.7 Å². The second-order valence-electron chi connectivity index (χ2n) is 7.13. The molecule has 0 aliphatic rings. The van der Waals surface area contributed by atoms with E-state index in [1.54, 1.807) is 4.68 Å². The number of benzene rings is 1. The molecule has 1 aromatic carbocycles. The van der Waals surface area contributed by atoms with Crippen molar-refractivity contribution in [2.24, 2.45) is 13.0 Å². The van der Waals surface area contributed by atoms with Gasteiger partial charge in [-0.1, -0.05) is 38.1 Å². The summed E-state index contributed by atoms with van der Waals surface area (Å²) in [5.41, 5.74) is 2.12. The fourth-order valence-corrected chi connectivity index (χ4v) is 3.41. The molecule has 0 fully saturated rings. The number of rotatable bonds is 5. The number of nitrogens with zero attached hydrogens (tertiary/aromatic N) is 5. The number of pyridine rings is 1. The lowest BCUT2D eigenvalue weighted by molar-refractivity contribution is 0.0925. The Labute approximate surface area is 157 Å². The van der Waals surface area contributed by atoms with Gasteiger partial charge in [-0.15, -0.1) is 10.2 Å². The van der Waals surface area contributed by atoms with Crippen molar-refractivity contribution >= 4 is 22.5 Å². The van der Waals surface area contributed by atoms with Gasteiger partial charge in [-0.05, 0) is 30.5 Å². The van der Waals surface area contributed by atoms with E-state index in [0.717, 1.165) is 28.8 Å². The number of fused-ring (bicyclic) bond motifs is 2. The van der Waals surface area contributed by atoms with Crippen LogP contribution in [0.2, 0.25) is 0 Å². The van der Waals surface area contributed by atoms with Crippen LogP contribution in [-0.4, -0.2) is 30.3 Å². The minimum atomic E-state index is -0.254. The van der Waals surface area contributed by atoms with Crippen LogP contribution >= 0.6 is 0 Å². The van der Waals surface area contributed by atoms with Crippen LogP contribution in [0, 0.1) is 5.92 Å². The van der Waals surface area contributed by atoms with E-state index in [1.807, 2.05) is 60.1 Å². The third-order valence-corrected chi connectivity index (χ3v) is 4.64. The van der Waals surface area contributed by atoms with Crippen LogP contribution in [0.5, 0.6) is 0 Å². The minimum absolute atomic E-state index is 0.204. The van der Waals surface area contributed by atoms with Gasteiger partial charge in [0.15, 0.2) is 17.2 Å². The number of carbonyl (C=O) groups excluding carboxylic acids is 1. The third kappa shape index (κ3) is 3.16. The van der Waals surface area contributed by atoms with Crippen molar-refractivity contribution in [3.63, 3.8) is 0 Å². The molecule has 0 spiro atoms. The summed E-state index contributed by atoms with van der Waals surface area (Å²) in [4.78, 5) is 13.1. The molecule has 4 aromatic rings. The summed E-state index contributed by atoms with van der Waals surface area (Å²) in [5, 5.41) is 17.0. The summed E-state index contributed by atoms with van der Waals surface area (Å²) in [6.07, 6.45) is 2.67. The normalized spacial score (nSPS) is 12.7.